The van der Waals surface area contributed by atoms with Crippen LogP contribution in [-0.2, 0) is 9.53 Å². The Balaban J connectivity index is 2.71. The van der Waals surface area contributed by atoms with E-state index < -0.39 is 17.2 Å². The second-order valence-electron chi connectivity index (χ2n) is 3.46. The van der Waals surface area contributed by atoms with Crippen LogP contribution < -0.4 is 0 Å². The summed E-state index contributed by atoms with van der Waals surface area (Å²) in [4.78, 5) is 26.3. The van der Waals surface area contributed by atoms with E-state index in [1.54, 1.807) is 26.0 Å². The molecule has 0 aliphatic rings. The highest BCUT2D eigenvalue weighted by molar-refractivity contribution is 8.00. The summed E-state index contributed by atoms with van der Waals surface area (Å²) in [5.74, 6) is -1.29. The number of pyridine rings is 1. The Labute approximate surface area is 110 Å². The zero-order valence-electron chi connectivity index (χ0n) is 10.3. The van der Waals surface area contributed by atoms with Gasteiger partial charge in [-0.15, -0.1) is 0 Å². The zero-order valence-corrected chi connectivity index (χ0v) is 11.1. The fraction of sp³-hybridized carbons (Fsp3) is 0.417. The predicted octanol–water partition coefficient (Wildman–Crippen LogP) is 2.21. The summed E-state index contributed by atoms with van der Waals surface area (Å²) < 4.78 is 4.83. The molecule has 0 radical (unpaired) electrons. The summed E-state index contributed by atoms with van der Waals surface area (Å²) in [6.45, 7) is 3.85. The fourth-order valence-electron chi connectivity index (χ4n) is 1.24. The minimum absolute atomic E-state index is 0.312. The smallest absolute Gasteiger partial charge is 0.339 e. The molecule has 1 unspecified atom stereocenters. The van der Waals surface area contributed by atoms with Crippen LogP contribution in [0.2, 0.25) is 0 Å². The lowest BCUT2D eigenvalue weighted by molar-refractivity contribution is -0.136. The Morgan fingerprint density at radius 2 is 2.17 bits per heavy atom. The van der Waals surface area contributed by atoms with Crippen LogP contribution in [0.15, 0.2) is 23.4 Å². The molecule has 98 valence electrons. The number of hydrogen-bond acceptors (Lipinski definition) is 5. The molecule has 0 amide bonds. The van der Waals surface area contributed by atoms with E-state index in [4.69, 9.17) is 9.84 Å². The van der Waals surface area contributed by atoms with Crippen LogP contribution in [0.4, 0.5) is 0 Å². The Hall–Kier alpha value is -1.56. The third-order valence-electron chi connectivity index (χ3n) is 2.16. The standard InChI is InChI=1S/C12H15NO4S/c1-3-9(11(14)15)18-10-6-5-8(7-13-10)12(16)17-4-2/h5-7,9H,3-4H2,1-2H3,(H,14,15). The van der Waals surface area contributed by atoms with Crippen LogP contribution in [0, 0.1) is 0 Å². The lowest BCUT2D eigenvalue weighted by Gasteiger charge is -2.08. The maximum Gasteiger partial charge on any atom is 0.339 e. The van der Waals surface area contributed by atoms with Gasteiger partial charge in [-0.1, -0.05) is 18.7 Å². The summed E-state index contributed by atoms with van der Waals surface area (Å²) in [7, 11) is 0. The van der Waals surface area contributed by atoms with Crippen LogP contribution in [0.25, 0.3) is 0 Å². The summed E-state index contributed by atoms with van der Waals surface area (Å²) in [6, 6.07) is 3.21. The molecule has 0 saturated heterocycles. The third-order valence-corrected chi connectivity index (χ3v) is 3.46. The molecular formula is C12H15NO4S. The van der Waals surface area contributed by atoms with E-state index in [2.05, 4.69) is 4.98 Å². The molecule has 1 aromatic rings. The van der Waals surface area contributed by atoms with Crippen molar-refractivity contribution in [2.75, 3.05) is 6.61 Å². The molecule has 0 aromatic carbocycles. The van der Waals surface area contributed by atoms with Gasteiger partial charge in [-0.25, -0.2) is 9.78 Å². The molecule has 1 N–H and O–H groups in total. The quantitative estimate of drug-likeness (QED) is 0.630. The van der Waals surface area contributed by atoms with Crippen molar-refractivity contribution in [2.24, 2.45) is 0 Å². The number of carboxylic acids is 1. The van der Waals surface area contributed by atoms with Crippen molar-refractivity contribution in [3.8, 4) is 0 Å². The lowest BCUT2D eigenvalue weighted by Crippen LogP contribution is -2.15. The van der Waals surface area contributed by atoms with Crippen LogP contribution in [-0.4, -0.2) is 33.9 Å². The Kier molecular flexibility index (Phi) is 5.64. The molecule has 6 heteroatoms. The molecule has 1 heterocycles. The molecule has 1 rings (SSSR count). The second-order valence-corrected chi connectivity index (χ2v) is 4.68. The van der Waals surface area contributed by atoms with Crippen molar-refractivity contribution in [1.29, 1.82) is 0 Å². The molecule has 0 saturated carbocycles. The predicted molar refractivity (Wildman–Crippen MR) is 67.8 cm³/mol. The first kappa shape index (κ1) is 14.5. The van der Waals surface area contributed by atoms with Gasteiger partial charge in [-0.2, -0.15) is 0 Å². The van der Waals surface area contributed by atoms with E-state index in [9.17, 15) is 9.59 Å². The van der Waals surface area contributed by atoms with E-state index in [1.807, 2.05) is 0 Å². The van der Waals surface area contributed by atoms with E-state index in [0.717, 1.165) is 0 Å². The molecule has 0 spiro atoms. The molecule has 1 aromatic heterocycles. The molecule has 5 nitrogen and oxygen atoms in total. The normalized spacial score (nSPS) is 11.9. The highest BCUT2D eigenvalue weighted by Crippen LogP contribution is 2.23. The van der Waals surface area contributed by atoms with Gasteiger partial charge in [0.05, 0.1) is 17.2 Å². The van der Waals surface area contributed by atoms with Gasteiger partial charge in [0, 0.05) is 6.20 Å². The summed E-state index contributed by atoms with van der Waals surface area (Å²) >= 11 is 1.17. The van der Waals surface area contributed by atoms with Gasteiger partial charge in [0.1, 0.15) is 5.25 Å². The first-order valence-electron chi connectivity index (χ1n) is 5.61. The average Bonchev–Trinajstić information content (AvgIpc) is 2.36. The molecule has 1 atom stereocenters. The van der Waals surface area contributed by atoms with E-state index in [-0.39, 0.29) is 0 Å². The number of nitrogens with zero attached hydrogens (tertiary/aromatic N) is 1. The maximum absolute atomic E-state index is 11.4. The molecular weight excluding hydrogens is 254 g/mol. The van der Waals surface area contributed by atoms with Gasteiger partial charge in [0.25, 0.3) is 0 Å². The highest BCUT2D eigenvalue weighted by atomic mass is 32.2. The molecule has 0 fully saturated rings. The van der Waals surface area contributed by atoms with Crippen molar-refractivity contribution in [3.05, 3.63) is 23.9 Å². The number of carboxylic acid groups (broad SMARTS) is 1. The number of rotatable bonds is 6. The topological polar surface area (TPSA) is 76.5 Å². The van der Waals surface area contributed by atoms with Gasteiger partial charge in [-0.3, -0.25) is 4.79 Å². The summed E-state index contributed by atoms with van der Waals surface area (Å²) in [5.41, 5.74) is 0.365. The van der Waals surface area contributed by atoms with Gasteiger partial charge in [0.2, 0.25) is 0 Å². The number of carbonyl (C=O) groups excluding carboxylic acids is 1. The fourth-order valence-corrected chi connectivity index (χ4v) is 2.06. The summed E-state index contributed by atoms with van der Waals surface area (Å²) in [5, 5.41) is 8.98. The molecule has 0 aliphatic carbocycles. The molecule has 0 aliphatic heterocycles. The zero-order chi connectivity index (χ0) is 13.5. The molecule has 18 heavy (non-hydrogen) atoms. The number of carbonyl (C=O) groups is 2. The largest absolute Gasteiger partial charge is 0.480 e. The monoisotopic (exact) mass is 269 g/mol. The first-order valence-corrected chi connectivity index (χ1v) is 6.49. The first-order chi connectivity index (χ1) is 8.58. The Morgan fingerprint density at radius 1 is 1.44 bits per heavy atom. The van der Waals surface area contributed by atoms with Crippen molar-refractivity contribution < 1.29 is 19.4 Å². The van der Waals surface area contributed by atoms with Gasteiger partial charge < -0.3 is 9.84 Å². The second kappa shape index (κ2) is 7.00. The number of aliphatic carboxylic acids is 1. The third kappa shape index (κ3) is 4.03. The van der Waals surface area contributed by atoms with Crippen LogP contribution in [0.5, 0.6) is 0 Å². The molecule has 0 bridgehead atoms. The van der Waals surface area contributed by atoms with Gasteiger partial charge >= 0.3 is 11.9 Å². The number of esters is 1. The van der Waals surface area contributed by atoms with E-state index in [0.29, 0.717) is 23.6 Å². The highest BCUT2D eigenvalue weighted by Gasteiger charge is 2.17. The Morgan fingerprint density at radius 3 is 2.61 bits per heavy atom. The minimum atomic E-state index is -0.862. The maximum atomic E-state index is 11.4. The minimum Gasteiger partial charge on any atom is -0.480 e. The van der Waals surface area contributed by atoms with Crippen LogP contribution in [0.1, 0.15) is 30.6 Å². The van der Waals surface area contributed by atoms with Crippen LogP contribution >= 0.6 is 11.8 Å². The number of thioether (sulfide) groups is 1. The number of hydrogen-bond donors (Lipinski definition) is 1. The van der Waals surface area contributed by atoms with Crippen molar-refractivity contribution in [1.82, 2.24) is 4.98 Å². The number of aromatic nitrogens is 1. The summed E-state index contributed by atoms with van der Waals surface area (Å²) in [6.07, 6.45) is 1.91. The average molecular weight is 269 g/mol. The SMILES string of the molecule is CCOC(=O)c1ccc(SC(CC)C(=O)O)nc1. The van der Waals surface area contributed by atoms with Gasteiger partial charge in [0.15, 0.2) is 0 Å². The number of ether oxygens (including phenoxy) is 1. The van der Waals surface area contributed by atoms with Crippen molar-refractivity contribution >= 4 is 23.7 Å². The van der Waals surface area contributed by atoms with Crippen molar-refractivity contribution in [3.63, 3.8) is 0 Å². The Bertz CT molecular complexity index is 419. The van der Waals surface area contributed by atoms with Crippen LogP contribution in [0.3, 0.4) is 0 Å². The van der Waals surface area contributed by atoms with E-state index in [1.165, 1.54) is 18.0 Å². The van der Waals surface area contributed by atoms with Gasteiger partial charge in [-0.05, 0) is 25.5 Å². The van der Waals surface area contributed by atoms with E-state index >= 15 is 0 Å². The lowest BCUT2D eigenvalue weighted by atomic mass is 10.3. The van der Waals surface area contributed by atoms with Crippen molar-refractivity contribution in [2.45, 2.75) is 30.5 Å².